The van der Waals surface area contributed by atoms with Crippen LogP contribution in [0.2, 0.25) is 0 Å². The molecule has 0 aromatic heterocycles. The number of hydrogen-bond donors (Lipinski definition) is 2. The van der Waals surface area contributed by atoms with Gasteiger partial charge in [-0.05, 0) is 38.0 Å². The third-order valence-electron chi connectivity index (χ3n) is 3.57. The lowest BCUT2D eigenvalue weighted by molar-refractivity contribution is -0.128. The highest BCUT2D eigenvalue weighted by Crippen LogP contribution is 2.24. The first kappa shape index (κ1) is 15.3. The first-order chi connectivity index (χ1) is 9.60. The van der Waals surface area contributed by atoms with Gasteiger partial charge < -0.3 is 15.2 Å². The molecule has 1 unspecified atom stereocenters. The molecule has 20 heavy (non-hydrogen) atoms. The van der Waals surface area contributed by atoms with E-state index in [0.29, 0.717) is 11.3 Å². The van der Waals surface area contributed by atoms with Crippen LogP contribution in [0.15, 0.2) is 22.7 Å². The highest BCUT2D eigenvalue weighted by molar-refractivity contribution is 9.10. The number of nitrogens with one attached hydrogen (secondary N) is 1. The van der Waals surface area contributed by atoms with Crippen LogP contribution < -0.4 is 10.1 Å². The van der Waals surface area contributed by atoms with Crippen LogP contribution in [0.4, 0.5) is 0 Å². The Balaban J connectivity index is 1.96. The van der Waals surface area contributed by atoms with E-state index in [1.54, 1.807) is 19.1 Å². The second-order valence-electron chi connectivity index (χ2n) is 5.16. The minimum Gasteiger partial charge on any atom is -0.481 e. The summed E-state index contributed by atoms with van der Waals surface area (Å²) < 4.78 is 6.54. The van der Waals surface area contributed by atoms with Gasteiger partial charge in [0.25, 0.3) is 5.91 Å². The molecule has 1 aliphatic carbocycles. The second kappa shape index (κ2) is 7.09. The number of carbonyl (C=O) groups is 1. The van der Waals surface area contributed by atoms with Crippen molar-refractivity contribution in [3.8, 4) is 5.75 Å². The summed E-state index contributed by atoms with van der Waals surface area (Å²) in [5.41, 5.74) is 0.667. The standard InChI is InChI=1S/C15H20BrNO3/c1-10(15(19)17-13-4-2-3-5-13)20-14-7-6-12(16)8-11(14)9-18/h6-8,10,13,18H,2-5,9H2,1H3,(H,17,19). The average Bonchev–Trinajstić information content (AvgIpc) is 2.93. The highest BCUT2D eigenvalue weighted by Gasteiger charge is 2.22. The monoisotopic (exact) mass is 341 g/mol. The third-order valence-corrected chi connectivity index (χ3v) is 4.06. The molecule has 1 aromatic rings. The van der Waals surface area contributed by atoms with Gasteiger partial charge in [0.1, 0.15) is 5.75 Å². The normalized spacial score (nSPS) is 16.9. The number of benzene rings is 1. The van der Waals surface area contributed by atoms with Crippen LogP contribution in [-0.2, 0) is 11.4 Å². The minimum atomic E-state index is -0.568. The van der Waals surface area contributed by atoms with Gasteiger partial charge in [-0.1, -0.05) is 28.8 Å². The maximum Gasteiger partial charge on any atom is 0.260 e. The maximum absolute atomic E-state index is 12.1. The zero-order valence-electron chi connectivity index (χ0n) is 11.6. The summed E-state index contributed by atoms with van der Waals surface area (Å²) in [6.45, 7) is 1.61. The van der Waals surface area contributed by atoms with Gasteiger partial charge in [0.05, 0.1) is 6.61 Å². The van der Waals surface area contributed by atoms with Gasteiger partial charge in [-0.2, -0.15) is 0 Å². The number of amides is 1. The molecule has 0 heterocycles. The number of ether oxygens (including phenoxy) is 1. The Kier molecular flexibility index (Phi) is 5.43. The number of carbonyl (C=O) groups excluding carboxylic acids is 1. The van der Waals surface area contributed by atoms with Crippen molar-refractivity contribution in [3.05, 3.63) is 28.2 Å². The van der Waals surface area contributed by atoms with E-state index < -0.39 is 6.10 Å². The summed E-state index contributed by atoms with van der Waals surface area (Å²) in [5.74, 6) is 0.452. The molecule has 0 aliphatic heterocycles. The SMILES string of the molecule is CC(Oc1ccc(Br)cc1CO)C(=O)NC1CCCC1. The molecule has 1 amide bonds. The number of halogens is 1. The highest BCUT2D eigenvalue weighted by atomic mass is 79.9. The summed E-state index contributed by atoms with van der Waals surface area (Å²) in [5, 5.41) is 12.3. The van der Waals surface area contributed by atoms with Crippen molar-refractivity contribution in [1.29, 1.82) is 0 Å². The van der Waals surface area contributed by atoms with E-state index in [2.05, 4.69) is 21.2 Å². The van der Waals surface area contributed by atoms with E-state index in [-0.39, 0.29) is 18.6 Å². The van der Waals surface area contributed by atoms with Gasteiger partial charge in [0.15, 0.2) is 6.10 Å². The van der Waals surface area contributed by atoms with Crippen LogP contribution in [-0.4, -0.2) is 23.2 Å². The summed E-state index contributed by atoms with van der Waals surface area (Å²) in [6.07, 6.45) is 3.91. The molecule has 1 saturated carbocycles. The van der Waals surface area contributed by atoms with E-state index in [1.807, 2.05) is 6.07 Å². The first-order valence-corrected chi connectivity index (χ1v) is 7.75. The fourth-order valence-electron chi connectivity index (χ4n) is 2.42. The molecular formula is C15H20BrNO3. The smallest absolute Gasteiger partial charge is 0.260 e. The molecule has 0 saturated heterocycles. The topological polar surface area (TPSA) is 58.6 Å². The van der Waals surface area contributed by atoms with Crippen molar-refractivity contribution >= 4 is 21.8 Å². The summed E-state index contributed by atoms with van der Waals surface area (Å²) in [4.78, 5) is 12.1. The van der Waals surface area contributed by atoms with E-state index in [4.69, 9.17) is 4.74 Å². The third kappa shape index (κ3) is 3.96. The van der Waals surface area contributed by atoms with Gasteiger partial charge in [0.2, 0.25) is 0 Å². The number of aliphatic hydroxyl groups excluding tert-OH is 1. The molecule has 1 aliphatic rings. The molecule has 1 fully saturated rings. The molecule has 1 aromatic carbocycles. The quantitative estimate of drug-likeness (QED) is 0.865. The maximum atomic E-state index is 12.1. The molecule has 0 radical (unpaired) electrons. The largest absolute Gasteiger partial charge is 0.481 e. The first-order valence-electron chi connectivity index (χ1n) is 6.96. The van der Waals surface area contributed by atoms with Crippen molar-refractivity contribution in [2.45, 2.75) is 51.4 Å². The fourth-order valence-corrected chi connectivity index (χ4v) is 2.83. The van der Waals surface area contributed by atoms with Gasteiger partial charge in [-0.3, -0.25) is 4.79 Å². The predicted molar refractivity (Wildman–Crippen MR) is 80.6 cm³/mol. The van der Waals surface area contributed by atoms with E-state index in [1.165, 1.54) is 12.8 Å². The van der Waals surface area contributed by atoms with Crippen LogP contribution >= 0.6 is 15.9 Å². The van der Waals surface area contributed by atoms with Gasteiger partial charge in [-0.25, -0.2) is 0 Å². The van der Waals surface area contributed by atoms with Crippen molar-refractivity contribution in [2.24, 2.45) is 0 Å². The number of rotatable bonds is 5. The minimum absolute atomic E-state index is 0.0938. The Morgan fingerprint density at radius 1 is 1.50 bits per heavy atom. The van der Waals surface area contributed by atoms with E-state index >= 15 is 0 Å². The average molecular weight is 342 g/mol. The van der Waals surface area contributed by atoms with Gasteiger partial charge in [0, 0.05) is 16.1 Å². The lowest BCUT2D eigenvalue weighted by Crippen LogP contribution is -2.41. The van der Waals surface area contributed by atoms with Crippen molar-refractivity contribution < 1.29 is 14.6 Å². The molecule has 5 heteroatoms. The Bertz CT molecular complexity index is 472. The Labute approximate surface area is 127 Å². The molecule has 0 bridgehead atoms. The lowest BCUT2D eigenvalue weighted by atomic mass is 10.2. The molecule has 110 valence electrons. The molecule has 1 atom stereocenters. The summed E-state index contributed by atoms with van der Waals surface area (Å²) >= 11 is 3.34. The van der Waals surface area contributed by atoms with Crippen LogP contribution in [0.3, 0.4) is 0 Å². The Morgan fingerprint density at radius 3 is 2.85 bits per heavy atom. The Hall–Kier alpha value is -1.07. The van der Waals surface area contributed by atoms with Crippen LogP contribution in [0.25, 0.3) is 0 Å². The zero-order valence-corrected chi connectivity index (χ0v) is 13.1. The molecule has 4 nitrogen and oxygen atoms in total. The summed E-state index contributed by atoms with van der Waals surface area (Å²) in [7, 11) is 0. The predicted octanol–water partition coefficient (Wildman–Crippen LogP) is 2.77. The lowest BCUT2D eigenvalue weighted by Gasteiger charge is -2.19. The zero-order chi connectivity index (χ0) is 14.5. The van der Waals surface area contributed by atoms with Crippen molar-refractivity contribution in [3.63, 3.8) is 0 Å². The number of hydrogen-bond acceptors (Lipinski definition) is 3. The van der Waals surface area contributed by atoms with Crippen molar-refractivity contribution in [1.82, 2.24) is 5.32 Å². The van der Waals surface area contributed by atoms with E-state index in [0.717, 1.165) is 17.3 Å². The molecule has 2 rings (SSSR count). The molecule has 0 spiro atoms. The van der Waals surface area contributed by atoms with Gasteiger partial charge >= 0.3 is 0 Å². The molecular weight excluding hydrogens is 322 g/mol. The Morgan fingerprint density at radius 2 is 2.20 bits per heavy atom. The molecule has 2 N–H and O–H groups in total. The van der Waals surface area contributed by atoms with Crippen LogP contribution in [0, 0.1) is 0 Å². The second-order valence-corrected chi connectivity index (χ2v) is 6.08. The van der Waals surface area contributed by atoms with Crippen LogP contribution in [0.1, 0.15) is 38.2 Å². The number of aliphatic hydroxyl groups is 1. The van der Waals surface area contributed by atoms with E-state index in [9.17, 15) is 9.90 Å². The van der Waals surface area contributed by atoms with Crippen molar-refractivity contribution in [2.75, 3.05) is 0 Å². The fraction of sp³-hybridized carbons (Fsp3) is 0.533. The summed E-state index contributed by atoms with van der Waals surface area (Å²) in [6, 6.07) is 5.66. The van der Waals surface area contributed by atoms with Gasteiger partial charge in [-0.15, -0.1) is 0 Å². The van der Waals surface area contributed by atoms with Crippen LogP contribution in [0.5, 0.6) is 5.75 Å².